The van der Waals surface area contributed by atoms with Crippen LogP contribution in [-0.4, -0.2) is 171 Å². The molecule has 60 heavy (non-hydrogen) atoms. The molecule has 0 unspecified atom stereocenters. The Hall–Kier alpha value is -3.09. The summed E-state index contributed by atoms with van der Waals surface area (Å²) >= 11 is 0. The van der Waals surface area contributed by atoms with E-state index in [2.05, 4.69) is 54.4 Å². The molecular formula is C46H71NO13. The minimum Gasteiger partial charge on any atom is -0.496 e. The molecule has 14 nitrogen and oxygen atoms in total. The number of hydrogen-bond acceptors (Lipinski definition) is 14. The van der Waals surface area contributed by atoms with Gasteiger partial charge in [-0.05, 0) is 67.1 Å². The molecule has 0 radical (unpaired) electrons. The van der Waals surface area contributed by atoms with Crippen molar-refractivity contribution in [3.8, 4) is 28.0 Å². The van der Waals surface area contributed by atoms with Gasteiger partial charge in [0.15, 0.2) is 0 Å². The zero-order valence-corrected chi connectivity index (χ0v) is 36.4. The normalized spacial score (nSPS) is 11.4. The number of unbranched alkanes of at least 4 members (excludes halogenated alkanes) is 1. The van der Waals surface area contributed by atoms with Crippen LogP contribution in [0.2, 0.25) is 0 Å². The molecule has 0 saturated carbocycles. The average molecular weight is 846 g/mol. The Balaban J connectivity index is 1.01. The predicted octanol–water partition coefficient (Wildman–Crippen LogP) is 5.88. The molecule has 2 aromatic carbocycles. The highest BCUT2D eigenvalue weighted by Crippen LogP contribution is 2.34. The van der Waals surface area contributed by atoms with Crippen LogP contribution in [0.3, 0.4) is 0 Å². The summed E-state index contributed by atoms with van der Waals surface area (Å²) in [6, 6.07) is 19.1. The van der Waals surface area contributed by atoms with Crippen molar-refractivity contribution in [1.82, 2.24) is 4.98 Å². The van der Waals surface area contributed by atoms with Crippen LogP contribution < -0.4 is 4.74 Å². The molecule has 3 aromatic rings. The van der Waals surface area contributed by atoms with Crippen molar-refractivity contribution in [1.29, 1.82) is 0 Å². The number of nitrogens with zero attached hydrogens (tertiary/aromatic N) is 1. The van der Waals surface area contributed by atoms with E-state index in [0.717, 1.165) is 47.4 Å². The van der Waals surface area contributed by atoms with Gasteiger partial charge in [0.05, 0.1) is 152 Å². The summed E-state index contributed by atoms with van der Waals surface area (Å²) in [5, 5.41) is 0. The molecule has 0 aliphatic rings. The lowest BCUT2D eigenvalue weighted by Gasteiger charge is -2.13. The molecule has 3 rings (SSSR count). The minimum absolute atomic E-state index is 0.505. The van der Waals surface area contributed by atoms with Crippen molar-refractivity contribution in [3.63, 3.8) is 0 Å². The van der Waals surface area contributed by atoms with Gasteiger partial charge in [-0.15, -0.1) is 0 Å². The summed E-state index contributed by atoms with van der Waals surface area (Å²) in [6.07, 6.45) is 4.71. The summed E-state index contributed by atoms with van der Waals surface area (Å²) in [5.74, 6) is 0.850. The van der Waals surface area contributed by atoms with Gasteiger partial charge in [0.1, 0.15) is 5.75 Å². The first-order chi connectivity index (χ1) is 29.7. The molecule has 0 saturated heterocycles. The molecule has 1 heterocycles. The maximum Gasteiger partial charge on any atom is 0.126 e. The van der Waals surface area contributed by atoms with Gasteiger partial charge in [0.25, 0.3) is 0 Å². The largest absolute Gasteiger partial charge is 0.496 e. The predicted molar refractivity (Wildman–Crippen MR) is 230 cm³/mol. The van der Waals surface area contributed by atoms with E-state index >= 15 is 0 Å². The van der Waals surface area contributed by atoms with E-state index in [1.807, 2.05) is 18.3 Å². The number of methoxy groups -OCH3 is 2. The lowest BCUT2D eigenvalue weighted by Crippen LogP contribution is -2.15. The van der Waals surface area contributed by atoms with E-state index in [1.165, 1.54) is 11.1 Å². The van der Waals surface area contributed by atoms with Gasteiger partial charge in [-0.25, -0.2) is 0 Å². The Morgan fingerprint density at radius 2 is 0.833 bits per heavy atom. The third-order valence-electron chi connectivity index (χ3n) is 8.80. The number of rotatable bonds is 41. The second-order valence-corrected chi connectivity index (χ2v) is 13.5. The standard InChI is InChI=1S/C46H71NO13/c1-40-7-6-8-41(37-40)42-10-11-46(49-3)45(39-42)43-12-13-47-44(38-43)9-4-5-14-50-17-18-52-21-22-54-25-26-56-29-30-58-33-34-60-36-35-59-32-31-57-28-27-55-24-23-53-20-19-51-16-15-48-2/h6-8,10-13,37-39H,4-5,9,14-36H2,1-3H3. The first-order valence-electron chi connectivity index (χ1n) is 21.3. The Kier molecular flexibility index (Phi) is 31.2. The van der Waals surface area contributed by atoms with Crippen LogP contribution in [0.1, 0.15) is 24.1 Å². The van der Waals surface area contributed by atoms with Crippen LogP contribution >= 0.6 is 0 Å². The zero-order chi connectivity index (χ0) is 42.4. The first kappa shape index (κ1) is 51.3. The maximum absolute atomic E-state index is 5.76. The fraction of sp³-hybridized carbons (Fsp3) is 0.630. The van der Waals surface area contributed by atoms with E-state index in [1.54, 1.807) is 14.2 Å². The van der Waals surface area contributed by atoms with Gasteiger partial charge in [-0.1, -0.05) is 35.9 Å². The van der Waals surface area contributed by atoms with Crippen LogP contribution in [0.5, 0.6) is 5.75 Å². The lowest BCUT2D eigenvalue weighted by molar-refractivity contribution is -0.0280. The number of ether oxygens (including phenoxy) is 13. The monoisotopic (exact) mass is 845 g/mol. The third kappa shape index (κ3) is 25.6. The van der Waals surface area contributed by atoms with Crippen molar-refractivity contribution in [2.24, 2.45) is 0 Å². The molecule has 0 amide bonds. The molecule has 0 aliphatic heterocycles. The maximum atomic E-state index is 5.76. The average Bonchev–Trinajstić information content (AvgIpc) is 3.27. The quantitative estimate of drug-likeness (QED) is 0.0630. The van der Waals surface area contributed by atoms with Crippen molar-refractivity contribution in [2.75, 3.05) is 166 Å². The van der Waals surface area contributed by atoms with Gasteiger partial charge in [-0.3, -0.25) is 4.98 Å². The highest BCUT2D eigenvalue weighted by Gasteiger charge is 2.10. The van der Waals surface area contributed by atoms with Gasteiger partial charge in [-0.2, -0.15) is 0 Å². The van der Waals surface area contributed by atoms with E-state index in [9.17, 15) is 0 Å². The Labute approximate surface area is 358 Å². The number of hydrogen-bond donors (Lipinski definition) is 0. The van der Waals surface area contributed by atoms with Crippen LogP contribution in [0.25, 0.3) is 22.3 Å². The van der Waals surface area contributed by atoms with Gasteiger partial charge < -0.3 is 61.6 Å². The van der Waals surface area contributed by atoms with Crippen molar-refractivity contribution < 1.29 is 61.6 Å². The summed E-state index contributed by atoms with van der Waals surface area (Å²) in [7, 11) is 3.36. The van der Waals surface area contributed by atoms with Gasteiger partial charge in [0.2, 0.25) is 0 Å². The van der Waals surface area contributed by atoms with Crippen molar-refractivity contribution in [3.05, 3.63) is 72.1 Å². The van der Waals surface area contributed by atoms with E-state index in [4.69, 9.17) is 61.6 Å². The third-order valence-corrected chi connectivity index (χ3v) is 8.80. The number of pyridine rings is 1. The molecule has 0 aliphatic carbocycles. The summed E-state index contributed by atoms with van der Waals surface area (Å²) in [4.78, 5) is 4.61. The van der Waals surface area contributed by atoms with Crippen LogP contribution in [-0.2, 0) is 63.3 Å². The number of benzene rings is 2. The summed E-state index contributed by atoms with van der Waals surface area (Å²) in [5.41, 5.74) is 6.82. The van der Waals surface area contributed by atoms with E-state index in [0.29, 0.717) is 152 Å². The molecule has 0 spiro atoms. The highest BCUT2D eigenvalue weighted by atomic mass is 16.6. The SMILES string of the molecule is COCCOCCOCCOCCOCCOCCOCCOCCOCCOCCOCCOCCCCc1cc(-c2cc(-c3cccc(C)c3)ccc2OC)ccn1. The van der Waals surface area contributed by atoms with Crippen LogP contribution in [0.15, 0.2) is 60.8 Å². The smallest absolute Gasteiger partial charge is 0.126 e. The molecule has 338 valence electrons. The van der Waals surface area contributed by atoms with E-state index in [-0.39, 0.29) is 0 Å². The van der Waals surface area contributed by atoms with Crippen molar-refractivity contribution in [2.45, 2.75) is 26.2 Å². The van der Waals surface area contributed by atoms with Crippen molar-refractivity contribution >= 4 is 0 Å². The molecule has 14 heteroatoms. The summed E-state index contributed by atoms with van der Waals surface area (Å²) in [6.45, 7) is 14.4. The highest BCUT2D eigenvalue weighted by molar-refractivity contribution is 5.78. The number of aromatic nitrogens is 1. The Morgan fingerprint density at radius 1 is 0.400 bits per heavy atom. The molecule has 0 fully saturated rings. The van der Waals surface area contributed by atoms with Gasteiger partial charge in [0, 0.05) is 31.2 Å². The molecule has 0 atom stereocenters. The fourth-order valence-corrected chi connectivity index (χ4v) is 5.67. The summed E-state index contributed by atoms with van der Waals surface area (Å²) < 4.78 is 71.3. The lowest BCUT2D eigenvalue weighted by atomic mass is 9.97. The second-order valence-electron chi connectivity index (χ2n) is 13.5. The van der Waals surface area contributed by atoms with Crippen LogP contribution in [0.4, 0.5) is 0 Å². The minimum atomic E-state index is 0.505. The second kappa shape index (κ2) is 36.6. The number of aryl methyl sites for hydroxylation is 2. The zero-order valence-electron chi connectivity index (χ0n) is 36.4. The Bertz CT molecular complexity index is 1450. The van der Waals surface area contributed by atoms with Crippen LogP contribution in [0, 0.1) is 6.92 Å². The Morgan fingerprint density at radius 3 is 1.27 bits per heavy atom. The molecule has 1 aromatic heterocycles. The topological polar surface area (TPSA) is 133 Å². The first-order valence-corrected chi connectivity index (χ1v) is 21.3. The van der Waals surface area contributed by atoms with E-state index < -0.39 is 0 Å². The molecule has 0 N–H and O–H groups in total. The molecular weight excluding hydrogens is 774 g/mol. The fourth-order valence-electron chi connectivity index (χ4n) is 5.67. The molecule has 0 bridgehead atoms. The van der Waals surface area contributed by atoms with Gasteiger partial charge >= 0.3 is 0 Å².